The van der Waals surface area contributed by atoms with E-state index in [4.69, 9.17) is 4.74 Å². The molecule has 1 aliphatic rings. The smallest absolute Gasteiger partial charge is 0.407 e. The van der Waals surface area contributed by atoms with Crippen LogP contribution in [0.25, 0.3) is 0 Å². The van der Waals surface area contributed by atoms with E-state index in [0.29, 0.717) is 12.0 Å². The number of nitrogens with one attached hydrogen (secondary N) is 2. The number of hydrogen-bond donors (Lipinski definition) is 2. The van der Waals surface area contributed by atoms with Crippen molar-refractivity contribution in [3.05, 3.63) is 65.7 Å². The van der Waals surface area contributed by atoms with E-state index in [1.54, 1.807) is 0 Å². The minimum absolute atomic E-state index is 0.0619. The van der Waals surface area contributed by atoms with Gasteiger partial charge in [0.05, 0.1) is 6.04 Å². The van der Waals surface area contributed by atoms with Crippen LogP contribution in [0.1, 0.15) is 37.9 Å². The Kier molecular flexibility index (Phi) is 5.27. The first kappa shape index (κ1) is 17.3. The number of para-hydroxylation sites is 1. The first-order valence-electron chi connectivity index (χ1n) is 8.89. The van der Waals surface area contributed by atoms with Gasteiger partial charge in [-0.2, -0.15) is 0 Å². The van der Waals surface area contributed by atoms with Crippen molar-refractivity contribution in [1.82, 2.24) is 5.32 Å². The highest BCUT2D eigenvalue weighted by Crippen LogP contribution is 2.38. The van der Waals surface area contributed by atoms with E-state index < -0.39 is 0 Å². The third kappa shape index (κ3) is 3.95. The number of anilines is 1. The fraction of sp³-hybridized carbons (Fsp3) is 0.381. The summed E-state index contributed by atoms with van der Waals surface area (Å²) in [5, 5.41) is 6.69. The van der Waals surface area contributed by atoms with Crippen molar-refractivity contribution >= 4 is 11.8 Å². The Morgan fingerprint density at radius 2 is 1.80 bits per heavy atom. The third-order valence-corrected chi connectivity index (χ3v) is 4.91. The fourth-order valence-corrected chi connectivity index (χ4v) is 3.58. The van der Waals surface area contributed by atoms with Gasteiger partial charge in [0.15, 0.2) is 0 Å². The van der Waals surface area contributed by atoms with Gasteiger partial charge in [-0.3, -0.25) is 0 Å². The molecule has 2 aromatic rings. The maximum Gasteiger partial charge on any atom is 0.407 e. The molecule has 0 bridgehead atoms. The molecule has 25 heavy (non-hydrogen) atoms. The summed E-state index contributed by atoms with van der Waals surface area (Å²) in [4.78, 5) is 12.4. The van der Waals surface area contributed by atoms with Crippen LogP contribution in [0.4, 0.5) is 10.5 Å². The van der Waals surface area contributed by atoms with E-state index in [-0.39, 0.29) is 24.7 Å². The van der Waals surface area contributed by atoms with Crippen LogP contribution in [0, 0.1) is 11.8 Å². The molecule has 1 aliphatic heterocycles. The molecule has 132 valence electrons. The molecular formula is C21H26N2O2. The molecule has 2 aromatic carbocycles. The summed E-state index contributed by atoms with van der Waals surface area (Å²) >= 11 is 0. The van der Waals surface area contributed by atoms with Crippen LogP contribution in [0.3, 0.4) is 0 Å². The number of carbonyl (C=O) groups excluding carboxylic acids is 1. The number of hydrogen-bond acceptors (Lipinski definition) is 3. The van der Waals surface area contributed by atoms with E-state index in [2.05, 4.69) is 43.5 Å². The Morgan fingerprint density at radius 3 is 2.52 bits per heavy atom. The topological polar surface area (TPSA) is 50.4 Å². The lowest BCUT2D eigenvalue weighted by Crippen LogP contribution is -2.46. The first-order valence-corrected chi connectivity index (χ1v) is 8.89. The van der Waals surface area contributed by atoms with Crippen LogP contribution in [-0.2, 0) is 11.3 Å². The summed E-state index contributed by atoms with van der Waals surface area (Å²) in [6.07, 6.45) is -0.375. The number of fused-ring (bicyclic) bond motifs is 1. The van der Waals surface area contributed by atoms with Gasteiger partial charge in [-0.25, -0.2) is 4.79 Å². The van der Waals surface area contributed by atoms with Crippen LogP contribution in [0.2, 0.25) is 0 Å². The summed E-state index contributed by atoms with van der Waals surface area (Å²) in [5.41, 5.74) is 3.19. The average molecular weight is 338 g/mol. The minimum Gasteiger partial charge on any atom is -0.445 e. The van der Waals surface area contributed by atoms with Crippen molar-refractivity contribution in [2.24, 2.45) is 11.8 Å². The Balaban J connectivity index is 1.72. The average Bonchev–Trinajstić information content (AvgIpc) is 2.62. The molecule has 2 unspecified atom stereocenters. The van der Waals surface area contributed by atoms with E-state index in [9.17, 15) is 4.79 Å². The van der Waals surface area contributed by atoms with Gasteiger partial charge in [-0.1, -0.05) is 69.3 Å². The highest BCUT2D eigenvalue weighted by Gasteiger charge is 2.36. The maximum atomic E-state index is 12.4. The van der Waals surface area contributed by atoms with Gasteiger partial charge in [-0.05, 0) is 23.1 Å². The SMILES string of the molecule is CC(C)C1Nc2ccccc2C(NC(=O)OCc2ccccc2)[C@H]1C. The Labute approximate surface area is 149 Å². The number of amides is 1. The van der Waals surface area contributed by atoms with Gasteiger partial charge in [0.2, 0.25) is 0 Å². The normalized spacial score (nSPS) is 22.0. The predicted molar refractivity (Wildman–Crippen MR) is 100 cm³/mol. The lowest BCUT2D eigenvalue weighted by molar-refractivity contribution is 0.129. The van der Waals surface area contributed by atoms with Gasteiger partial charge < -0.3 is 15.4 Å². The number of carbonyl (C=O) groups is 1. The Bertz CT molecular complexity index is 715. The summed E-state index contributed by atoms with van der Waals surface area (Å²) in [5.74, 6) is 0.729. The zero-order chi connectivity index (χ0) is 17.8. The molecule has 0 saturated carbocycles. The molecule has 0 radical (unpaired) electrons. The minimum atomic E-state index is -0.375. The number of ether oxygens (including phenoxy) is 1. The van der Waals surface area contributed by atoms with Crippen molar-refractivity contribution in [3.8, 4) is 0 Å². The van der Waals surface area contributed by atoms with Crippen LogP contribution < -0.4 is 10.6 Å². The van der Waals surface area contributed by atoms with Crippen molar-refractivity contribution in [1.29, 1.82) is 0 Å². The molecule has 4 nitrogen and oxygen atoms in total. The van der Waals surface area contributed by atoms with Gasteiger partial charge in [0.25, 0.3) is 0 Å². The molecule has 2 N–H and O–H groups in total. The van der Waals surface area contributed by atoms with E-state index in [1.807, 2.05) is 42.5 Å². The predicted octanol–water partition coefficient (Wildman–Crippen LogP) is 4.74. The van der Waals surface area contributed by atoms with Crippen LogP contribution in [-0.4, -0.2) is 12.1 Å². The molecule has 1 heterocycles. The van der Waals surface area contributed by atoms with Crippen LogP contribution >= 0.6 is 0 Å². The molecule has 0 fully saturated rings. The quantitative estimate of drug-likeness (QED) is 0.846. The van der Waals surface area contributed by atoms with Crippen molar-refractivity contribution < 1.29 is 9.53 Å². The van der Waals surface area contributed by atoms with Gasteiger partial charge in [0.1, 0.15) is 6.61 Å². The van der Waals surface area contributed by atoms with Gasteiger partial charge >= 0.3 is 6.09 Å². The van der Waals surface area contributed by atoms with E-state index in [1.165, 1.54) is 0 Å². The maximum absolute atomic E-state index is 12.4. The zero-order valence-electron chi connectivity index (χ0n) is 15.0. The number of benzene rings is 2. The molecule has 0 aromatic heterocycles. The van der Waals surface area contributed by atoms with Gasteiger partial charge in [0, 0.05) is 17.6 Å². The van der Waals surface area contributed by atoms with Crippen LogP contribution in [0.15, 0.2) is 54.6 Å². The van der Waals surface area contributed by atoms with Crippen molar-refractivity contribution in [2.75, 3.05) is 5.32 Å². The molecule has 3 atom stereocenters. The van der Waals surface area contributed by atoms with E-state index >= 15 is 0 Å². The second kappa shape index (κ2) is 7.60. The molecule has 3 rings (SSSR count). The number of rotatable bonds is 4. The standard InChI is InChI=1S/C21H26N2O2/c1-14(2)19-15(3)20(17-11-7-8-12-18(17)22-19)23-21(24)25-13-16-9-5-4-6-10-16/h4-12,14-15,19-20,22H,13H2,1-3H3,(H,23,24)/t15-,19?,20?/m0/s1. The van der Waals surface area contributed by atoms with Gasteiger partial charge in [-0.15, -0.1) is 0 Å². The van der Waals surface area contributed by atoms with Crippen molar-refractivity contribution in [2.45, 2.75) is 39.5 Å². The molecular weight excluding hydrogens is 312 g/mol. The highest BCUT2D eigenvalue weighted by molar-refractivity contribution is 5.69. The Hall–Kier alpha value is -2.49. The largest absolute Gasteiger partial charge is 0.445 e. The number of alkyl carbamates (subject to hydrolysis) is 1. The monoisotopic (exact) mass is 338 g/mol. The lowest BCUT2D eigenvalue weighted by Gasteiger charge is -2.41. The third-order valence-electron chi connectivity index (χ3n) is 4.91. The van der Waals surface area contributed by atoms with Crippen LogP contribution in [0.5, 0.6) is 0 Å². The van der Waals surface area contributed by atoms with Crippen molar-refractivity contribution in [3.63, 3.8) is 0 Å². The first-order chi connectivity index (χ1) is 12.1. The summed E-state index contributed by atoms with van der Waals surface area (Å²) in [6, 6.07) is 18.1. The molecule has 1 amide bonds. The molecule has 0 saturated heterocycles. The van der Waals surface area contributed by atoms with E-state index in [0.717, 1.165) is 16.8 Å². The zero-order valence-corrected chi connectivity index (χ0v) is 15.0. The fourth-order valence-electron chi connectivity index (χ4n) is 3.58. The summed E-state index contributed by atoms with van der Waals surface area (Å²) in [6.45, 7) is 6.86. The summed E-state index contributed by atoms with van der Waals surface area (Å²) in [7, 11) is 0. The highest BCUT2D eigenvalue weighted by atomic mass is 16.5. The second-order valence-electron chi connectivity index (χ2n) is 7.04. The molecule has 0 aliphatic carbocycles. The summed E-state index contributed by atoms with van der Waals surface area (Å²) < 4.78 is 5.42. The lowest BCUT2D eigenvalue weighted by atomic mass is 9.79. The molecule has 0 spiro atoms. The second-order valence-corrected chi connectivity index (χ2v) is 7.04. The molecule has 4 heteroatoms. The Morgan fingerprint density at radius 1 is 1.12 bits per heavy atom.